The molecule has 4 nitrogen and oxygen atoms in total. The number of rotatable bonds is 5. The lowest BCUT2D eigenvalue weighted by Crippen LogP contribution is -2.36. The van der Waals surface area contributed by atoms with Crippen LogP contribution in [0.5, 0.6) is 0 Å². The van der Waals surface area contributed by atoms with Crippen molar-refractivity contribution < 1.29 is 13.5 Å². The van der Waals surface area contributed by atoms with E-state index in [-0.39, 0.29) is 24.3 Å². The largest absolute Gasteiger partial charge is 0.396 e. The third-order valence-electron chi connectivity index (χ3n) is 1.58. The zero-order valence-corrected chi connectivity index (χ0v) is 8.61. The molecule has 0 atom stereocenters. The van der Waals surface area contributed by atoms with Crippen LogP contribution >= 0.6 is 0 Å². The molecule has 0 saturated carbocycles. The summed E-state index contributed by atoms with van der Waals surface area (Å²) in [6.07, 6.45) is 0. The molecule has 2 N–H and O–H groups in total. The highest BCUT2D eigenvalue weighted by molar-refractivity contribution is 7.89. The first-order chi connectivity index (χ1) is 5.33. The predicted octanol–water partition coefficient (Wildman–Crippen LogP) is -0.0558. The van der Waals surface area contributed by atoms with Gasteiger partial charge in [-0.2, -0.15) is 0 Å². The fourth-order valence-corrected chi connectivity index (χ4v) is 1.28. The fraction of sp³-hybridized carbons (Fsp3) is 1.00. The van der Waals surface area contributed by atoms with Gasteiger partial charge in [-0.3, -0.25) is 0 Å². The molecule has 0 bridgehead atoms. The van der Waals surface area contributed by atoms with Crippen LogP contribution in [0.3, 0.4) is 0 Å². The average Bonchev–Trinajstić information content (AvgIpc) is 2.02. The molecule has 0 rings (SSSR count). The second kappa shape index (κ2) is 4.20. The summed E-state index contributed by atoms with van der Waals surface area (Å²) in [4.78, 5) is 0. The molecule has 0 fully saturated rings. The number of aliphatic hydroxyl groups is 1. The highest BCUT2D eigenvalue weighted by Crippen LogP contribution is 2.11. The Balaban J connectivity index is 4.00. The van der Waals surface area contributed by atoms with E-state index >= 15 is 0 Å². The monoisotopic (exact) mass is 195 g/mol. The Labute approximate surface area is 74.0 Å². The molecule has 0 saturated heterocycles. The van der Waals surface area contributed by atoms with Gasteiger partial charge in [-0.1, -0.05) is 13.8 Å². The SMILES string of the molecule is CCS(=O)(=O)NCC(C)(C)CO. The molecule has 0 amide bonds. The minimum Gasteiger partial charge on any atom is -0.396 e. The molecule has 74 valence electrons. The van der Waals surface area contributed by atoms with E-state index < -0.39 is 10.0 Å². The molecule has 0 aliphatic heterocycles. The molecule has 0 unspecified atom stereocenters. The third kappa shape index (κ3) is 4.69. The van der Waals surface area contributed by atoms with Gasteiger partial charge in [-0.15, -0.1) is 0 Å². The van der Waals surface area contributed by atoms with E-state index in [0.29, 0.717) is 0 Å². The lowest BCUT2D eigenvalue weighted by molar-refractivity contribution is 0.163. The molecule has 0 radical (unpaired) electrons. The van der Waals surface area contributed by atoms with Crippen LogP contribution in [0.1, 0.15) is 20.8 Å². The van der Waals surface area contributed by atoms with Crippen molar-refractivity contribution in [1.29, 1.82) is 0 Å². The maximum atomic E-state index is 11.0. The van der Waals surface area contributed by atoms with Crippen molar-refractivity contribution in [3.63, 3.8) is 0 Å². The van der Waals surface area contributed by atoms with Crippen molar-refractivity contribution in [3.8, 4) is 0 Å². The summed E-state index contributed by atoms with van der Waals surface area (Å²) < 4.78 is 24.4. The highest BCUT2D eigenvalue weighted by Gasteiger charge is 2.18. The van der Waals surface area contributed by atoms with E-state index in [0.717, 1.165) is 0 Å². The first kappa shape index (κ1) is 11.9. The van der Waals surface area contributed by atoms with Crippen molar-refractivity contribution in [3.05, 3.63) is 0 Å². The van der Waals surface area contributed by atoms with Crippen molar-refractivity contribution in [1.82, 2.24) is 4.72 Å². The number of hydrogen-bond acceptors (Lipinski definition) is 3. The Bertz CT molecular complexity index is 221. The van der Waals surface area contributed by atoms with Gasteiger partial charge in [0, 0.05) is 18.6 Å². The van der Waals surface area contributed by atoms with Gasteiger partial charge in [0.05, 0.1) is 5.75 Å². The number of hydrogen-bond donors (Lipinski definition) is 2. The summed E-state index contributed by atoms with van der Waals surface area (Å²) in [7, 11) is -3.12. The first-order valence-electron chi connectivity index (χ1n) is 3.91. The molecule has 0 spiro atoms. The van der Waals surface area contributed by atoms with Crippen molar-refractivity contribution >= 4 is 10.0 Å². The third-order valence-corrected chi connectivity index (χ3v) is 2.92. The molecule has 0 aromatic rings. The predicted molar refractivity (Wildman–Crippen MR) is 48.3 cm³/mol. The Kier molecular flexibility index (Phi) is 4.16. The van der Waals surface area contributed by atoms with Crippen molar-refractivity contribution in [2.75, 3.05) is 18.9 Å². The Morgan fingerprint density at radius 3 is 2.25 bits per heavy atom. The lowest BCUT2D eigenvalue weighted by atomic mass is 9.96. The number of nitrogens with one attached hydrogen (secondary N) is 1. The standard InChI is InChI=1S/C7H17NO3S/c1-4-12(10,11)8-5-7(2,3)6-9/h8-9H,4-6H2,1-3H3. The zero-order valence-electron chi connectivity index (χ0n) is 7.79. The Morgan fingerprint density at radius 2 is 1.92 bits per heavy atom. The van der Waals surface area contributed by atoms with E-state index in [1.54, 1.807) is 20.8 Å². The molecule has 5 heteroatoms. The van der Waals surface area contributed by atoms with Crippen LogP contribution in [0.15, 0.2) is 0 Å². The summed E-state index contributed by atoms with van der Waals surface area (Å²) >= 11 is 0. The van der Waals surface area contributed by atoms with E-state index in [9.17, 15) is 8.42 Å². The van der Waals surface area contributed by atoms with Crippen LogP contribution in [-0.4, -0.2) is 32.4 Å². The van der Waals surface area contributed by atoms with E-state index in [1.165, 1.54) is 0 Å². The summed E-state index contributed by atoms with van der Waals surface area (Å²) in [5.74, 6) is 0.0779. The summed E-state index contributed by atoms with van der Waals surface area (Å²) in [5, 5.41) is 8.83. The highest BCUT2D eigenvalue weighted by atomic mass is 32.2. The van der Waals surface area contributed by atoms with Crippen molar-refractivity contribution in [2.24, 2.45) is 5.41 Å². The van der Waals surface area contributed by atoms with E-state index in [2.05, 4.69) is 4.72 Å². The van der Waals surface area contributed by atoms with Crippen LogP contribution in [0, 0.1) is 5.41 Å². The smallest absolute Gasteiger partial charge is 0.211 e. The van der Waals surface area contributed by atoms with Gasteiger partial charge in [-0.05, 0) is 6.92 Å². The van der Waals surface area contributed by atoms with Crippen molar-refractivity contribution in [2.45, 2.75) is 20.8 Å². The topological polar surface area (TPSA) is 66.4 Å². The van der Waals surface area contributed by atoms with Crippen LogP contribution in [0.2, 0.25) is 0 Å². The van der Waals surface area contributed by atoms with E-state index in [1.807, 2.05) is 0 Å². The van der Waals surface area contributed by atoms with Crippen LogP contribution in [0.4, 0.5) is 0 Å². The minimum atomic E-state index is -3.12. The molecule has 12 heavy (non-hydrogen) atoms. The average molecular weight is 195 g/mol. The maximum absolute atomic E-state index is 11.0. The summed E-state index contributed by atoms with van der Waals surface area (Å²) in [6, 6.07) is 0. The molecule has 0 aromatic heterocycles. The second-order valence-corrected chi connectivity index (χ2v) is 5.64. The molecular weight excluding hydrogens is 178 g/mol. The Morgan fingerprint density at radius 1 is 1.42 bits per heavy atom. The molecule has 0 aromatic carbocycles. The molecular formula is C7H17NO3S. The quantitative estimate of drug-likeness (QED) is 0.646. The Hall–Kier alpha value is -0.130. The normalized spacial score (nSPS) is 13.3. The van der Waals surface area contributed by atoms with E-state index in [4.69, 9.17) is 5.11 Å². The second-order valence-electron chi connectivity index (χ2n) is 3.55. The zero-order chi connectivity index (χ0) is 9.83. The van der Waals surface area contributed by atoms with Gasteiger partial charge in [0.25, 0.3) is 0 Å². The first-order valence-corrected chi connectivity index (χ1v) is 5.56. The molecule has 0 aliphatic carbocycles. The fourth-order valence-electron chi connectivity index (χ4n) is 0.463. The number of aliphatic hydroxyl groups excluding tert-OH is 1. The number of sulfonamides is 1. The maximum Gasteiger partial charge on any atom is 0.211 e. The van der Waals surface area contributed by atoms with Crippen LogP contribution in [0.25, 0.3) is 0 Å². The lowest BCUT2D eigenvalue weighted by Gasteiger charge is -2.21. The van der Waals surface area contributed by atoms with Gasteiger partial charge in [0.2, 0.25) is 10.0 Å². The summed E-state index contributed by atoms with van der Waals surface area (Å²) in [5.41, 5.74) is -0.387. The molecule has 0 heterocycles. The minimum absolute atomic E-state index is 0.0285. The molecule has 0 aliphatic rings. The van der Waals surface area contributed by atoms with Gasteiger partial charge in [0.1, 0.15) is 0 Å². The summed E-state index contributed by atoms with van der Waals surface area (Å²) in [6.45, 7) is 5.42. The van der Waals surface area contributed by atoms with Crippen LogP contribution < -0.4 is 4.72 Å². The van der Waals surface area contributed by atoms with Gasteiger partial charge >= 0.3 is 0 Å². The van der Waals surface area contributed by atoms with Gasteiger partial charge < -0.3 is 5.11 Å². The van der Waals surface area contributed by atoms with Gasteiger partial charge in [0.15, 0.2) is 0 Å². The van der Waals surface area contributed by atoms with Crippen LogP contribution in [-0.2, 0) is 10.0 Å². The van der Waals surface area contributed by atoms with Gasteiger partial charge in [-0.25, -0.2) is 13.1 Å².